The standard InChI is InChI=1S/C12H9BrN2O3S/c13-10-4-3-9(19-10)11(16)15-8-2-1-6(14)5-7(8)12(17)18/h1-5H,14H2,(H,15,16)(H,17,18). The Hall–Kier alpha value is -1.86. The SMILES string of the molecule is Nc1ccc(NC(=O)c2ccc(Br)s2)c(C(=O)O)c1. The van der Waals surface area contributed by atoms with Gasteiger partial charge in [0.2, 0.25) is 0 Å². The average Bonchev–Trinajstić information content (AvgIpc) is 2.78. The van der Waals surface area contributed by atoms with Gasteiger partial charge in [-0.15, -0.1) is 11.3 Å². The van der Waals surface area contributed by atoms with Crippen LogP contribution in [0.15, 0.2) is 34.1 Å². The van der Waals surface area contributed by atoms with Crippen molar-refractivity contribution in [1.29, 1.82) is 0 Å². The maximum absolute atomic E-state index is 11.9. The maximum Gasteiger partial charge on any atom is 0.337 e. The number of carboxylic acids is 1. The number of carbonyl (C=O) groups is 2. The molecule has 0 fully saturated rings. The minimum Gasteiger partial charge on any atom is -0.478 e. The van der Waals surface area contributed by atoms with Crippen molar-refractivity contribution in [2.24, 2.45) is 0 Å². The molecule has 1 aromatic heterocycles. The molecule has 7 heteroatoms. The molecule has 0 bridgehead atoms. The van der Waals surface area contributed by atoms with Gasteiger partial charge in [-0.3, -0.25) is 4.79 Å². The van der Waals surface area contributed by atoms with E-state index in [1.807, 2.05) is 0 Å². The number of aromatic carboxylic acids is 1. The van der Waals surface area contributed by atoms with Crippen molar-refractivity contribution in [3.63, 3.8) is 0 Å². The van der Waals surface area contributed by atoms with E-state index in [4.69, 9.17) is 10.8 Å². The molecule has 2 rings (SSSR count). The average molecular weight is 341 g/mol. The van der Waals surface area contributed by atoms with E-state index in [9.17, 15) is 9.59 Å². The highest BCUT2D eigenvalue weighted by atomic mass is 79.9. The number of nitrogens with one attached hydrogen (secondary N) is 1. The van der Waals surface area contributed by atoms with Crippen LogP contribution in [0.2, 0.25) is 0 Å². The summed E-state index contributed by atoms with van der Waals surface area (Å²) in [6.45, 7) is 0. The number of nitrogen functional groups attached to an aromatic ring is 1. The van der Waals surface area contributed by atoms with Gasteiger partial charge in [0, 0.05) is 5.69 Å². The van der Waals surface area contributed by atoms with Gasteiger partial charge < -0.3 is 16.2 Å². The molecule has 0 atom stereocenters. The van der Waals surface area contributed by atoms with Gasteiger partial charge in [0.1, 0.15) is 0 Å². The predicted octanol–water partition coefficient (Wildman–Crippen LogP) is 3.04. The van der Waals surface area contributed by atoms with Crippen molar-refractivity contribution in [3.05, 3.63) is 44.6 Å². The van der Waals surface area contributed by atoms with Gasteiger partial charge in [-0.1, -0.05) is 0 Å². The lowest BCUT2D eigenvalue weighted by Crippen LogP contribution is -2.13. The highest BCUT2D eigenvalue weighted by Gasteiger charge is 2.15. The lowest BCUT2D eigenvalue weighted by atomic mass is 10.1. The summed E-state index contributed by atoms with van der Waals surface area (Å²) >= 11 is 4.53. The maximum atomic E-state index is 11.9. The summed E-state index contributed by atoms with van der Waals surface area (Å²) in [5.41, 5.74) is 6.04. The van der Waals surface area contributed by atoms with E-state index in [0.29, 0.717) is 10.6 Å². The number of benzene rings is 1. The van der Waals surface area contributed by atoms with E-state index >= 15 is 0 Å². The van der Waals surface area contributed by atoms with E-state index < -0.39 is 5.97 Å². The number of carboxylic acid groups (broad SMARTS) is 1. The van der Waals surface area contributed by atoms with Crippen molar-refractivity contribution in [2.75, 3.05) is 11.1 Å². The zero-order chi connectivity index (χ0) is 14.0. The molecule has 0 radical (unpaired) electrons. The van der Waals surface area contributed by atoms with E-state index in [2.05, 4.69) is 21.2 Å². The van der Waals surface area contributed by atoms with Crippen LogP contribution >= 0.6 is 27.3 Å². The first-order chi connectivity index (χ1) is 8.97. The number of rotatable bonds is 3. The number of anilines is 2. The Morgan fingerprint density at radius 2 is 2.00 bits per heavy atom. The zero-order valence-corrected chi connectivity index (χ0v) is 11.9. The minimum absolute atomic E-state index is 0.0380. The number of nitrogens with two attached hydrogens (primary N) is 1. The quantitative estimate of drug-likeness (QED) is 0.748. The second-order valence-corrected chi connectivity index (χ2v) is 6.13. The Labute approximate surface area is 121 Å². The molecule has 98 valence electrons. The molecule has 1 heterocycles. The number of amides is 1. The Balaban J connectivity index is 2.28. The van der Waals surface area contributed by atoms with Crippen LogP contribution in [-0.2, 0) is 0 Å². The summed E-state index contributed by atoms with van der Waals surface area (Å²) in [6.07, 6.45) is 0. The molecular weight excluding hydrogens is 332 g/mol. The molecule has 5 nitrogen and oxygen atoms in total. The van der Waals surface area contributed by atoms with E-state index in [-0.39, 0.29) is 17.2 Å². The van der Waals surface area contributed by atoms with Crippen molar-refractivity contribution < 1.29 is 14.7 Å². The fourth-order valence-electron chi connectivity index (χ4n) is 1.47. The van der Waals surface area contributed by atoms with Gasteiger partial charge in [-0.05, 0) is 46.3 Å². The third-order valence-corrected chi connectivity index (χ3v) is 3.94. The molecule has 0 saturated carbocycles. The van der Waals surface area contributed by atoms with Crippen molar-refractivity contribution in [1.82, 2.24) is 0 Å². The predicted molar refractivity (Wildman–Crippen MR) is 77.8 cm³/mol. The molecule has 4 N–H and O–H groups in total. The van der Waals surface area contributed by atoms with Crippen LogP contribution in [0, 0.1) is 0 Å². The lowest BCUT2D eigenvalue weighted by Gasteiger charge is -2.08. The summed E-state index contributed by atoms with van der Waals surface area (Å²) in [7, 11) is 0. The van der Waals surface area contributed by atoms with Gasteiger partial charge in [0.15, 0.2) is 0 Å². The molecule has 1 aromatic carbocycles. The largest absolute Gasteiger partial charge is 0.478 e. The van der Waals surface area contributed by atoms with E-state index in [0.717, 1.165) is 3.79 Å². The minimum atomic E-state index is -1.14. The third-order valence-electron chi connectivity index (χ3n) is 2.32. The second-order valence-electron chi connectivity index (χ2n) is 3.67. The van der Waals surface area contributed by atoms with Crippen LogP contribution in [0.4, 0.5) is 11.4 Å². The first-order valence-corrected chi connectivity index (χ1v) is 6.78. The summed E-state index contributed by atoms with van der Waals surface area (Å²) in [4.78, 5) is 23.5. The van der Waals surface area contributed by atoms with Gasteiger partial charge in [0.05, 0.1) is 19.9 Å². The van der Waals surface area contributed by atoms with Gasteiger partial charge >= 0.3 is 5.97 Å². The normalized spacial score (nSPS) is 10.2. The summed E-state index contributed by atoms with van der Waals surface area (Å²) in [5, 5.41) is 11.6. The molecule has 0 aliphatic carbocycles. The molecule has 19 heavy (non-hydrogen) atoms. The Kier molecular flexibility index (Phi) is 3.87. The fraction of sp³-hybridized carbons (Fsp3) is 0. The second kappa shape index (κ2) is 5.41. The number of hydrogen-bond acceptors (Lipinski definition) is 4. The van der Waals surface area contributed by atoms with Crippen LogP contribution in [0.5, 0.6) is 0 Å². The summed E-state index contributed by atoms with van der Waals surface area (Å²) in [6, 6.07) is 7.72. The first kappa shape index (κ1) is 13.6. The van der Waals surface area contributed by atoms with Crippen molar-refractivity contribution >= 4 is 50.5 Å². The number of halogens is 1. The van der Waals surface area contributed by atoms with Gasteiger partial charge in [0.25, 0.3) is 5.91 Å². The van der Waals surface area contributed by atoms with Gasteiger partial charge in [-0.25, -0.2) is 4.79 Å². The van der Waals surface area contributed by atoms with Crippen LogP contribution in [0.1, 0.15) is 20.0 Å². The number of hydrogen-bond donors (Lipinski definition) is 3. The molecule has 0 aliphatic heterocycles. The monoisotopic (exact) mass is 340 g/mol. The molecule has 1 amide bonds. The number of carbonyl (C=O) groups excluding carboxylic acids is 1. The highest BCUT2D eigenvalue weighted by molar-refractivity contribution is 9.11. The Bertz CT molecular complexity index is 654. The smallest absolute Gasteiger partial charge is 0.337 e. The van der Waals surface area contributed by atoms with Crippen molar-refractivity contribution in [3.8, 4) is 0 Å². The molecule has 2 aromatic rings. The third kappa shape index (κ3) is 3.12. The number of thiophene rings is 1. The Morgan fingerprint density at radius 3 is 2.58 bits per heavy atom. The summed E-state index contributed by atoms with van der Waals surface area (Å²) in [5.74, 6) is -1.50. The van der Waals surface area contributed by atoms with Gasteiger partial charge in [-0.2, -0.15) is 0 Å². The summed E-state index contributed by atoms with van der Waals surface area (Å²) < 4.78 is 0.827. The molecule has 0 spiro atoms. The molecule has 0 saturated heterocycles. The lowest BCUT2D eigenvalue weighted by molar-refractivity contribution is 0.0698. The fourth-order valence-corrected chi connectivity index (χ4v) is 2.75. The van der Waals surface area contributed by atoms with Crippen molar-refractivity contribution in [2.45, 2.75) is 0 Å². The zero-order valence-electron chi connectivity index (χ0n) is 9.51. The molecule has 0 aliphatic rings. The van der Waals surface area contributed by atoms with Crippen LogP contribution < -0.4 is 11.1 Å². The Morgan fingerprint density at radius 1 is 1.26 bits per heavy atom. The van der Waals surface area contributed by atoms with Crippen LogP contribution in [0.3, 0.4) is 0 Å². The molecular formula is C12H9BrN2O3S. The highest BCUT2D eigenvalue weighted by Crippen LogP contribution is 2.24. The topological polar surface area (TPSA) is 92.4 Å². The van der Waals surface area contributed by atoms with E-state index in [1.54, 1.807) is 12.1 Å². The molecule has 0 unspecified atom stereocenters. The van der Waals surface area contributed by atoms with Crippen LogP contribution in [-0.4, -0.2) is 17.0 Å². The van der Waals surface area contributed by atoms with E-state index in [1.165, 1.54) is 29.5 Å². The van der Waals surface area contributed by atoms with Crippen LogP contribution in [0.25, 0.3) is 0 Å². The first-order valence-electron chi connectivity index (χ1n) is 5.17.